The molecular weight excluding hydrogens is 300 g/mol. The standard InChI is InChI=1S/C16H18N2O5/c1-9-5-6-10-11(7-9)14(21)18(13(10)20)8-12(19)17(4)16(2,3)15(22)23/h5-7H,8H2,1-4H3,(H,22,23). The van der Waals surface area contributed by atoms with Crippen LogP contribution in [0.15, 0.2) is 18.2 Å². The molecule has 0 fully saturated rings. The van der Waals surface area contributed by atoms with Crippen molar-refractivity contribution in [2.75, 3.05) is 13.6 Å². The Morgan fingerprint density at radius 3 is 2.30 bits per heavy atom. The summed E-state index contributed by atoms with van der Waals surface area (Å²) in [6, 6.07) is 4.88. The van der Waals surface area contributed by atoms with Crippen molar-refractivity contribution in [3.63, 3.8) is 0 Å². The molecule has 0 atom stereocenters. The van der Waals surface area contributed by atoms with Gasteiger partial charge in [-0.15, -0.1) is 0 Å². The summed E-state index contributed by atoms with van der Waals surface area (Å²) in [5, 5.41) is 9.16. The average Bonchev–Trinajstić information content (AvgIpc) is 2.70. The van der Waals surface area contributed by atoms with E-state index in [-0.39, 0.29) is 11.1 Å². The van der Waals surface area contributed by atoms with E-state index < -0.39 is 35.8 Å². The topological polar surface area (TPSA) is 95.0 Å². The first kappa shape index (κ1) is 16.7. The quantitative estimate of drug-likeness (QED) is 0.833. The monoisotopic (exact) mass is 318 g/mol. The van der Waals surface area contributed by atoms with E-state index in [2.05, 4.69) is 0 Å². The summed E-state index contributed by atoms with van der Waals surface area (Å²) >= 11 is 0. The summed E-state index contributed by atoms with van der Waals surface area (Å²) in [5.41, 5.74) is -0.0782. The number of aryl methyl sites for hydroxylation is 1. The molecule has 2 rings (SSSR count). The lowest BCUT2D eigenvalue weighted by Crippen LogP contribution is -2.53. The largest absolute Gasteiger partial charge is 0.480 e. The molecule has 1 aliphatic heterocycles. The number of hydrogen-bond donors (Lipinski definition) is 1. The van der Waals surface area contributed by atoms with Gasteiger partial charge in [0.25, 0.3) is 11.8 Å². The van der Waals surface area contributed by atoms with Gasteiger partial charge in [0, 0.05) is 7.05 Å². The molecule has 0 saturated carbocycles. The molecule has 0 saturated heterocycles. The van der Waals surface area contributed by atoms with Gasteiger partial charge in [-0.1, -0.05) is 11.6 Å². The molecule has 122 valence electrons. The minimum absolute atomic E-state index is 0.258. The van der Waals surface area contributed by atoms with E-state index in [1.54, 1.807) is 25.1 Å². The molecule has 0 spiro atoms. The fourth-order valence-corrected chi connectivity index (χ4v) is 2.24. The molecule has 0 aliphatic carbocycles. The summed E-state index contributed by atoms with van der Waals surface area (Å²) in [5.74, 6) is -2.88. The normalized spacial score (nSPS) is 14.0. The fourth-order valence-electron chi connectivity index (χ4n) is 2.24. The van der Waals surface area contributed by atoms with Gasteiger partial charge in [-0.2, -0.15) is 0 Å². The van der Waals surface area contributed by atoms with Crippen LogP contribution in [0.5, 0.6) is 0 Å². The van der Waals surface area contributed by atoms with Crippen molar-refractivity contribution in [1.29, 1.82) is 0 Å². The highest BCUT2D eigenvalue weighted by atomic mass is 16.4. The third-order valence-corrected chi connectivity index (χ3v) is 4.16. The Bertz CT molecular complexity index is 723. The fraction of sp³-hybridized carbons (Fsp3) is 0.375. The summed E-state index contributed by atoms with van der Waals surface area (Å²) in [4.78, 5) is 49.9. The number of rotatable bonds is 4. The minimum Gasteiger partial charge on any atom is -0.480 e. The molecular formula is C16H18N2O5. The van der Waals surface area contributed by atoms with Gasteiger partial charge in [0.15, 0.2) is 0 Å². The van der Waals surface area contributed by atoms with Crippen LogP contribution in [0.2, 0.25) is 0 Å². The van der Waals surface area contributed by atoms with Crippen LogP contribution in [0.25, 0.3) is 0 Å². The first-order chi connectivity index (χ1) is 10.6. The number of fused-ring (bicyclic) bond motifs is 1. The molecule has 1 N–H and O–H groups in total. The van der Waals surface area contributed by atoms with E-state index in [4.69, 9.17) is 5.11 Å². The Morgan fingerprint density at radius 1 is 1.17 bits per heavy atom. The van der Waals surface area contributed by atoms with Crippen LogP contribution in [0.1, 0.15) is 40.1 Å². The van der Waals surface area contributed by atoms with Gasteiger partial charge in [0.1, 0.15) is 12.1 Å². The number of carboxylic acid groups (broad SMARTS) is 1. The second-order valence-electron chi connectivity index (χ2n) is 6.06. The van der Waals surface area contributed by atoms with Gasteiger partial charge < -0.3 is 10.0 Å². The summed E-state index contributed by atoms with van der Waals surface area (Å²) in [6.45, 7) is 4.06. The van der Waals surface area contributed by atoms with Crippen LogP contribution in [0, 0.1) is 6.92 Å². The molecule has 7 heteroatoms. The van der Waals surface area contributed by atoms with Crippen molar-refractivity contribution in [2.24, 2.45) is 0 Å². The van der Waals surface area contributed by atoms with E-state index in [1.807, 2.05) is 0 Å². The zero-order valence-corrected chi connectivity index (χ0v) is 13.4. The molecule has 0 unspecified atom stereocenters. The Kier molecular flexibility index (Phi) is 3.98. The van der Waals surface area contributed by atoms with Crippen LogP contribution in [0.3, 0.4) is 0 Å². The molecule has 0 aromatic heterocycles. The zero-order chi connectivity index (χ0) is 17.5. The number of benzene rings is 1. The molecule has 3 amide bonds. The third kappa shape index (κ3) is 2.69. The molecule has 0 bridgehead atoms. The summed E-state index contributed by atoms with van der Waals surface area (Å²) < 4.78 is 0. The molecule has 0 radical (unpaired) electrons. The maximum absolute atomic E-state index is 12.3. The van der Waals surface area contributed by atoms with Gasteiger partial charge in [0.05, 0.1) is 11.1 Å². The van der Waals surface area contributed by atoms with Crippen molar-refractivity contribution in [3.8, 4) is 0 Å². The van der Waals surface area contributed by atoms with Crippen molar-refractivity contribution in [2.45, 2.75) is 26.3 Å². The predicted octanol–water partition coefficient (Wildman–Crippen LogP) is 0.913. The first-order valence-corrected chi connectivity index (χ1v) is 7.04. The number of amides is 3. The molecule has 1 aromatic carbocycles. The summed E-state index contributed by atoms with van der Waals surface area (Å²) in [6.07, 6.45) is 0. The second kappa shape index (κ2) is 5.49. The Labute approximate surface area is 133 Å². The lowest BCUT2D eigenvalue weighted by molar-refractivity contribution is -0.155. The average molecular weight is 318 g/mol. The predicted molar refractivity (Wildman–Crippen MR) is 81.0 cm³/mol. The van der Waals surface area contributed by atoms with E-state index in [0.29, 0.717) is 0 Å². The van der Waals surface area contributed by atoms with Crippen LogP contribution >= 0.6 is 0 Å². The van der Waals surface area contributed by atoms with Crippen LogP contribution in [-0.4, -0.2) is 57.7 Å². The second-order valence-corrected chi connectivity index (χ2v) is 6.06. The number of nitrogens with zero attached hydrogens (tertiary/aromatic N) is 2. The molecule has 7 nitrogen and oxygen atoms in total. The number of carbonyl (C=O) groups excluding carboxylic acids is 3. The molecule has 1 heterocycles. The Morgan fingerprint density at radius 2 is 1.74 bits per heavy atom. The lowest BCUT2D eigenvalue weighted by Gasteiger charge is -2.32. The highest BCUT2D eigenvalue weighted by molar-refractivity contribution is 6.22. The molecule has 1 aromatic rings. The number of carbonyl (C=O) groups is 4. The third-order valence-electron chi connectivity index (χ3n) is 4.16. The lowest BCUT2D eigenvalue weighted by atomic mass is 10.0. The van der Waals surface area contributed by atoms with E-state index in [1.165, 1.54) is 20.9 Å². The van der Waals surface area contributed by atoms with Gasteiger partial charge in [-0.3, -0.25) is 19.3 Å². The highest BCUT2D eigenvalue weighted by Crippen LogP contribution is 2.24. The Balaban J connectivity index is 2.22. The van der Waals surface area contributed by atoms with E-state index in [9.17, 15) is 19.2 Å². The number of likely N-dealkylation sites (N-methyl/N-ethyl adjacent to an activating group) is 1. The van der Waals surface area contributed by atoms with Crippen LogP contribution in [0.4, 0.5) is 0 Å². The van der Waals surface area contributed by atoms with Crippen LogP contribution in [-0.2, 0) is 9.59 Å². The van der Waals surface area contributed by atoms with E-state index in [0.717, 1.165) is 15.4 Å². The number of carboxylic acids is 1. The molecule has 1 aliphatic rings. The highest BCUT2D eigenvalue weighted by Gasteiger charge is 2.40. The summed E-state index contributed by atoms with van der Waals surface area (Å²) in [7, 11) is 1.33. The van der Waals surface area contributed by atoms with Crippen molar-refractivity contribution < 1.29 is 24.3 Å². The SMILES string of the molecule is Cc1ccc2c(c1)C(=O)N(CC(=O)N(C)C(C)(C)C(=O)O)C2=O. The van der Waals surface area contributed by atoms with Crippen molar-refractivity contribution >= 4 is 23.7 Å². The van der Waals surface area contributed by atoms with Crippen LogP contribution < -0.4 is 0 Å². The van der Waals surface area contributed by atoms with E-state index >= 15 is 0 Å². The minimum atomic E-state index is -1.44. The molecule has 23 heavy (non-hydrogen) atoms. The van der Waals surface area contributed by atoms with Gasteiger partial charge in [0.2, 0.25) is 5.91 Å². The van der Waals surface area contributed by atoms with Gasteiger partial charge in [-0.05, 0) is 32.9 Å². The Hall–Kier alpha value is -2.70. The van der Waals surface area contributed by atoms with Crippen molar-refractivity contribution in [3.05, 3.63) is 34.9 Å². The maximum atomic E-state index is 12.3. The number of hydrogen-bond acceptors (Lipinski definition) is 4. The smallest absolute Gasteiger partial charge is 0.329 e. The van der Waals surface area contributed by atoms with Gasteiger partial charge >= 0.3 is 5.97 Å². The first-order valence-electron chi connectivity index (χ1n) is 7.04. The van der Waals surface area contributed by atoms with Crippen molar-refractivity contribution in [1.82, 2.24) is 9.80 Å². The number of aliphatic carboxylic acids is 1. The van der Waals surface area contributed by atoms with Gasteiger partial charge in [-0.25, -0.2) is 4.79 Å². The zero-order valence-electron chi connectivity index (χ0n) is 13.4. The maximum Gasteiger partial charge on any atom is 0.329 e. The number of imide groups is 1.